The SMILES string of the molecule is CC1CCC(CNC2CC2)(CN2CCCCC2C)CC1. The summed E-state index contributed by atoms with van der Waals surface area (Å²) in [5.41, 5.74) is 0.584. The summed E-state index contributed by atoms with van der Waals surface area (Å²) in [6, 6.07) is 1.69. The minimum absolute atomic E-state index is 0.584. The highest BCUT2D eigenvalue weighted by molar-refractivity contribution is 4.93. The van der Waals surface area contributed by atoms with Crippen molar-refractivity contribution in [3.05, 3.63) is 0 Å². The minimum Gasteiger partial charge on any atom is -0.313 e. The van der Waals surface area contributed by atoms with Crippen LogP contribution in [0.4, 0.5) is 0 Å². The molecule has 20 heavy (non-hydrogen) atoms. The second-order valence-corrected chi connectivity index (χ2v) is 8.15. The maximum atomic E-state index is 3.86. The molecule has 3 fully saturated rings. The van der Waals surface area contributed by atoms with Crippen molar-refractivity contribution in [1.82, 2.24) is 10.2 Å². The first-order chi connectivity index (χ1) is 9.67. The average Bonchev–Trinajstić information content (AvgIpc) is 3.27. The first-order valence-electron chi connectivity index (χ1n) is 9.14. The Morgan fingerprint density at radius 3 is 2.40 bits per heavy atom. The molecular weight excluding hydrogens is 244 g/mol. The molecular formula is C18H34N2. The molecule has 1 N–H and O–H groups in total. The summed E-state index contributed by atoms with van der Waals surface area (Å²) in [7, 11) is 0. The topological polar surface area (TPSA) is 15.3 Å². The third-order valence-corrected chi connectivity index (χ3v) is 6.16. The normalized spacial score (nSPS) is 39.9. The minimum atomic E-state index is 0.584. The predicted octanol–water partition coefficient (Wildman–Crippen LogP) is 3.81. The number of hydrogen-bond acceptors (Lipinski definition) is 2. The van der Waals surface area contributed by atoms with Gasteiger partial charge in [-0.2, -0.15) is 0 Å². The van der Waals surface area contributed by atoms with E-state index in [9.17, 15) is 0 Å². The van der Waals surface area contributed by atoms with Gasteiger partial charge >= 0.3 is 0 Å². The molecule has 1 atom stereocenters. The molecule has 1 saturated heterocycles. The van der Waals surface area contributed by atoms with Gasteiger partial charge in [-0.3, -0.25) is 0 Å². The van der Waals surface area contributed by atoms with E-state index < -0.39 is 0 Å². The Bertz CT molecular complexity index is 303. The second-order valence-electron chi connectivity index (χ2n) is 8.15. The molecule has 0 spiro atoms. The Labute approximate surface area is 125 Å². The summed E-state index contributed by atoms with van der Waals surface area (Å²) in [5, 5.41) is 3.86. The molecule has 2 aliphatic carbocycles. The van der Waals surface area contributed by atoms with E-state index in [1.165, 1.54) is 77.4 Å². The van der Waals surface area contributed by atoms with Gasteiger partial charge in [0, 0.05) is 25.2 Å². The second kappa shape index (κ2) is 6.36. The molecule has 116 valence electrons. The summed E-state index contributed by atoms with van der Waals surface area (Å²) in [6.07, 6.45) is 13.0. The van der Waals surface area contributed by atoms with E-state index in [1.807, 2.05) is 0 Å². The van der Waals surface area contributed by atoms with Crippen LogP contribution in [0, 0.1) is 11.3 Å². The maximum Gasteiger partial charge on any atom is 0.00684 e. The van der Waals surface area contributed by atoms with Crippen LogP contribution in [0.2, 0.25) is 0 Å². The summed E-state index contributed by atoms with van der Waals surface area (Å²) in [5.74, 6) is 0.961. The molecule has 0 aromatic heterocycles. The lowest BCUT2D eigenvalue weighted by atomic mass is 9.70. The van der Waals surface area contributed by atoms with Gasteiger partial charge in [0.25, 0.3) is 0 Å². The smallest absolute Gasteiger partial charge is 0.00684 e. The lowest BCUT2D eigenvalue weighted by Crippen LogP contribution is -2.50. The molecule has 0 aromatic rings. The number of hydrogen-bond donors (Lipinski definition) is 1. The Balaban J connectivity index is 1.60. The Kier molecular flexibility index (Phi) is 4.72. The zero-order valence-corrected chi connectivity index (χ0v) is 13.7. The predicted molar refractivity (Wildman–Crippen MR) is 86.0 cm³/mol. The summed E-state index contributed by atoms with van der Waals surface area (Å²) >= 11 is 0. The van der Waals surface area contributed by atoms with Gasteiger partial charge in [0.2, 0.25) is 0 Å². The Morgan fingerprint density at radius 1 is 1.00 bits per heavy atom. The van der Waals surface area contributed by atoms with E-state index in [0.717, 1.165) is 18.0 Å². The van der Waals surface area contributed by atoms with Crippen molar-refractivity contribution >= 4 is 0 Å². The van der Waals surface area contributed by atoms with Crippen molar-refractivity contribution in [1.29, 1.82) is 0 Å². The molecule has 2 saturated carbocycles. The van der Waals surface area contributed by atoms with Gasteiger partial charge in [-0.15, -0.1) is 0 Å². The number of likely N-dealkylation sites (tertiary alicyclic amines) is 1. The van der Waals surface area contributed by atoms with E-state index in [0.29, 0.717) is 5.41 Å². The van der Waals surface area contributed by atoms with Crippen molar-refractivity contribution in [3.8, 4) is 0 Å². The van der Waals surface area contributed by atoms with Gasteiger partial charge in [0.1, 0.15) is 0 Å². The first kappa shape index (κ1) is 14.8. The van der Waals surface area contributed by atoms with Crippen LogP contribution in [-0.4, -0.2) is 36.6 Å². The first-order valence-corrected chi connectivity index (χ1v) is 9.14. The highest BCUT2D eigenvalue weighted by Crippen LogP contribution is 2.40. The van der Waals surface area contributed by atoms with E-state index in [1.54, 1.807) is 0 Å². The van der Waals surface area contributed by atoms with Crippen LogP contribution in [0.3, 0.4) is 0 Å². The highest BCUT2D eigenvalue weighted by Gasteiger charge is 2.38. The molecule has 1 unspecified atom stereocenters. The molecule has 1 aliphatic heterocycles. The lowest BCUT2D eigenvalue weighted by Gasteiger charge is -2.46. The van der Waals surface area contributed by atoms with Crippen molar-refractivity contribution in [2.45, 2.75) is 83.7 Å². The molecule has 0 bridgehead atoms. The van der Waals surface area contributed by atoms with Crippen molar-refractivity contribution in [3.63, 3.8) is 0 Å². The van der Waals surface area contributed by atoms with Crippen LogP contribution < -0.4 is 5.32 Å². The number of nitrogens with one attached hydrogen (secondary N) is 1. The molecule has 3 rings (SSSR count). The van der Waals surface area contributed by atoms with Gasteiger partial charge < -0.3 is 10.2 Å². The fourth-order valence-electron chi connectivity index (χ4n) is 4.24. The van der Waals surface area contributed by atoms with E-state index in [-0.39, 0.29) is 0 Å². The monoisotopic (exact) mass is 278 g/mol. The zero-order valence-electron chi connectivity index (χ0n) is 13.7. The van der Waals surface area contributed by atoms with Crippen molar-refractivity contribution in [2.24, 2.45) is 11.3 Å². The van der Waals surface area contributed by atoms with Crippen LogP contribution in [-0.2, 0) is 0 Å². The zero-order chi connectivity index (χ0) is 14.0. The Hall–Kier alpha value is -0.0800. The fourth-order valence-corrected chi connectivity index (χ4v) is 4.24. The third-order valence-electron chi connectivity index (χ3n) is 6.16. The van der Waals surface area contributed by atoms with Crippen LogP contribution in [0.15, 0.2) is 0 Å². The summed E-state index contributed by atoms with van der Waals surface area (Å²) in [4.78, 5) is 2.81. The molecule has 2 nitrogen and oxygen atoms in total. The number of rotatable bonds is 5. The highest BCUT2D eigenvalue weighted by atomic mass is 15.2. The standard InChI is InChI=1S/C18H34N2/c1-15-8-10-18(11-9-15,13-19-17-6-7-17)14-20-12-4-3-5-16(20)2/h15-17,19H,3-14H2,1-2H3. The summed E-state index contributed by atoms with van der Waals surface area (Å²) < 4.78 is 0. The number of nitrogens with zero attached hydrogens (tertiary/aromatic N) is 1. The third kappa shape index (κ3) is 3.76. The summed E-state index contributed by atoms with van der Waals surface area (Å²) in [6.45, 7) is 8.89. The van der Waals surface area contributed by atoms with Gasteiger partial charge in [0.15, 0.2) is 0 Å². The largest absolute Gasteiger partial charge is 0.313 e. The van der Waals surface area contributed by atoms with E-state index >= 15 is 0 Å². The molecule has 3 aliphatic rings. The molecule has 0 aromatic carbocycles. The van der Waals surface area contributed by atoms with E-state index in [2.05, 4.69) is 24.1 Å². The van der Waals surface area contributed by atoms with Gasteiger partial charge in [-0.1, -0.05) is 26.2 Å². The maximum absolute atomic E-state index is 3.86. The van der Waals surface area contributed by atoms with Crippen molar-refractivity contribution in [2.75, 3.05) is 19.6 Å². The molecule has 0 radical (unpaired) electrons. The molecule has 2 heteroatoms. The Morgan fingerprint density at radius 2 is 1.75 bits per heavy atom. The van der Waals surface area contributed by atoms with E-state index in [4.69, 9.17) is 0 Å². The quantitative estimate of drug-likeness (QED) is 0.822. The molecule has 0 amide bonds. The van der Waals surface area contributed by atoms with Crippen LogP contribution in [0.25, 0.3) is 0 Å². The lowest BCUT2D eigenvalue weighted by molar-refractivity contribution is 0.0509. The average molecular weight is 278 g/mol. The van der Waals surface area contributed by atoms with Gasteiger partial charge in [-0.25, -0.2) is 0 Å². The van der Waals surface area contributed by atoms with Gasteiger partial charge in [0.05, 0.1) is 0 Å². The fraction of sp³-hybridized carbons (Fsp3) is 1.00. The van der Waals surface area contributed by atoms with Crippen molar-refractivity contribution < 1.29 is 0 Å². The van der Waals surface area contributed by atoms with Gasteiger partial charge in [-0.05, 0) is 63.3 Å². The number of piperidine rings is 1. The van der Waals surface area contributed by atoms with Crippen LogP contribution >= 0.6 is 0 Å². The van der Waals surface area contributed by atoms with Crippen LogP contribution in [0.1, 0.15) is 71.6 Å². The molecule has 1 heterocycles. The van der Waals surface area contributed by atoms with Crippen LogP contribution in [0.5, 0.6) is 0 Å².